The molecule has 0 spiro atoms. The monoisotopic (exact) mass is 283 g/mol. The van der Waals surface area contributed by atoms with Crippen molar-refractivity contribution in [1.82, 2.24) is 16.0 Å². The van der Waals surface area contributed by atoms with Gasteiger partial charge in [-0.3, -0.25) is 14.4 Å². The number of carbonyl (C=O) groups excluding carboxylic acids is 2. The van der Waals surface area contributed by atoms with Crippen LogP contribution in [0.25, 0.3) is 0 Å². The maximum absolute atomic E-state index is 11.5. The molecule has 0 radical (unpaired) electrons. The molecule has 0 aliphatic heterocycles. The van der Waals surface area contributed by atoms with Crippen molar-refractivity contribution in [2.75, 3.05) is 26.7 Å². The fourth-order valence-electron chi connectivity index (χ4n) is 1.09. The van der Waals surface area contributed by atoms with Crippen LogP contribution in [-0.4, -0.2) is 55.6 Å². The average molecular weight is 283 g/mol. The van der Waals surface area contributed by atoms with E-state index in [9.17, 15) is 14.4 Å². The highest BCUT2D eigenvalue weighted by Gasteiger charge is 2.13. The Hall–Kier alpha value is -2.47. The lowest BCUT2D eigenvalue weighted by atomic mass is 10.2. The zero-order valence-corrected chi connectivity index (χ0v) is 11.0. The number of amides is 2. The minimum absolute atomic E-state index is 0.168. The predicted molar refractivity (Wildman–Crippen MR) is 68.9 cm³/mol. The van der Waals surface area contributed by atoms with E-state index in [1.54, 1.807) is 7.05 Å². The molecule has 9 nitrogen and oxygen atoms in total. The Kier molecular flexibility index (Phi) is 9.16. The average Bonchev–Trinajstić information content (AvgIpc) is 2.39. The third-order valence-corrected chi connectivity index (χ3v) is 1.94. The fourth-order valence-corrected chi connectivity index (χ4v) is 1.09. The lowest BCUT2D eigenvalue weighted by molar-refractivity contribution is -0.135. The van der Waals surface area contributed by atoms with Gasteiger partial charge in [-0.1, -0.05) is 11.8 Å². The zero-order chi connectivity index (χ0) is 15.4. The molecule has 0 unspecified atom stereocenters. The SMILES string of the molecule is CNCC(=O)NCCNC(=O)[C@H](C#CCC(=O)O)N=N. The second-order valence-corrected chi connectivity index (χ2v) is 3.59. The molecule has 0 heterocycles. The van der Waals surface area contributed by atoms with Crippen LogP contribution in [0.2, 0.25) is 0 Å². The second-order valence-electron chi connectivity index (χ2n) is 3.59. The highest BCUT2D eigenvalue weighted by molar-refractivity contribution is 5.85. The summed E-state index contributed by atoms with van der Waals surface area (Å²) < 4.78 is 0. The molecule has 0 saturated carbocycles. The van der Waals surface area contributed by atoms with Gasteiger partial charge >= 0.3 is 5.97 Å². The summed E-state index contributed by atoms with van der Waals surface area (Å²) in [7, 11) is 1.64. The quantitative estimate of drug-likeness (QED) is 0.205. The van der Waals surface area contributed by atoms with E-state index in [4.69, 9.17) is 10.6 Å². The van der Waals surface area contributed by atoms with Crippen molar-refractivity contribution in [3.05, 3.63) is 0 Å². The summed E-state index contributed by atoms with van der Waals surface area (Å²) in [6.07, 6.45) is -0.417. The van der Waals surface area contributed by atoms with Crippen LogP contribution in [0.3, 0.4) is 0 Å². The summed E-state index contributed by atoms with van der Waals surface area (Å²) in [4.78, 5) is 32.8. The number of nitrogens with one attached hydrogen (secondary N) is 4. The molecule has 2 amide bonds. The first kappa shape index (κ1) is 17.5. The van der Waals surface area contributed by atoms with Gasteiger partial charge < -0.3 is 21.1 Å². The summed E-state index contributed by atoms with van der Waals surface area (Å²) in [5.41, 5.74) is 6.82. The Morgan fingerprint density at radius 1 is 1.30 bits per heavy atom. The van der Waals surface area contributed by atoms with Crippen LogP contribution >= 0.6 is 0 Å². The van der Waals surface area contributed by atoms with E-state index >= 15 is 0 Å². The zero-order valence-electron chi connectivity index (χ0n) is 11.0. The Morgan fingerprint density at radius 3 is 2.50 bits per heavy atom. The fraction of sp³-hybridized carbons (Fsp3) is 0.545. The van der Waals surface area contributed by atoms with E-state index in [0.717, 1.165) is 0 Å². The van der Waals surface area contributed by atoms with Gasteiger partial charge in [0.05, 0.1) is 6.54 Å². The molecular formula is C11H17N5O4. The lowest BCUT2D eigenvalue weighted by Gasteiger charge is -2.07. The first-order chi connectivity index (χ1) is 9.51. The molecule has 20 heavy (non-hydrogen) atoms. The highest BCUT2D eigenvalue weighted by Crippen LogP contribution is 1.89. The standard InChI is InChI=1S/C11H17N5O4/c1-13-7-9(17)14-5-6-15-11(20)8(16-12)3-2-4-10(18)19/h8,12-13H,4-7H2,1H3,(H,14,17)(H,15,20)(H,18,19)/t8-/m0/s1. The van der Waals surface area contributed by atoms with Gasteiger partial charge in [-0.25, -0.2) is 5.53 Å². The van der Waals surface area contributed by atoms with Gasteiger partial charge in [0.1, 0.15) is 6.42 Å². The van der Waals surface area contributed by atoms with Gasteiger partial charge in [-0.15, -0.1) is 0 Å². The smallest absolute Gasteiger partial charge is 0.315 e. The van der Waals surface area contributed by atoms with E-state index in [1.165, 1.54) is 0 Å². The van der Waals surface area contributed by atoms with Crippen molar-refractivity contribution in [1.29, 1.82) is 5.53 Å². The van der Waals surface area contributed by atoms with E-state index in [0.29, 0.717) is 0 Å². The number of carbonyl (C=O) groups is 3. The van der Waals surface area contributed by atoms with Crippen LogP contribution in [0.15, 0.2) is 5.11 Å². The molecule has 0 bridgehead atoms. The van der Waals surface area contributed by atoms with Crippen molar-refractivity contribution in [3.63, 3.8) is 0 Å². The minimum atomic E-state index is -1.23. The Morgan fingerprint density at radius 2 is 1.95 bits per heavy atom. The molecule has 5 N–H and O–H groups in total. The third-order valence-electron chi connectivity index (χ3n) is 1.94. The number of hydrogen-bond acceptors (Lipinski definition) is 6. The number of rotatable bonds is 8. The van der Waals surface area contributed by atoms with Gasteiger partial charge in [-0.05, 0) is 7.05 Å². The molecule has 0 aliphatic carbocycles. The molecule has 110 valence electrons. The third kappa shape index (κ3) is 8.60. The summed E-state index contributed by atoms with van der Waals surface area (Å²) in [5.74, 6) is 2.58. The van der Waals surface area contributed by atoms with Gasteiger partial charge in [-0.2, -0.15) is 5.11 Å². The number of likely N-dealkylation sites (N-methyl/N-ethyl adjacent to an activating group) is 1. The van der Waals surface area contributed by atoms with Crippen molar-refractivity contribution < 1.29 is 19.5 Å². The summed E-state index contributed by atoms with van der Waals surface area (Å²) in [6.45, 7) is 0.583. The number of aliphatic carboxylic acids is 1. The maximum atomic E-state index is 11.5. The normalized spacial score (nSPS) is 10.7. The van der Waals surface area contributed by atoms with E-state index in [2.05, 4.69) is 32.9 Å². The molecule has 0 saturated heterocycles. The van der Waals surface area contributed by atoms with Gasteiger partial charge in [0.2, 0.25) is 11.9 Å². The van der Waals surface area contributed by atoms with E-state index < -0.39 is 24.3 Å². The molecule has 9 heteroatoms. The maximum Gasteiger partial charge on any atom is 0.315 e. The molecule has 0 aromatic rings. The number of nitrogens with zero attached hydrogens (tertiary/aromatic N) is 1. The first-order valence-electron chi connectivity index (χ1n) is 5.77. The van der Waals surface area contributed by atoms with Crippen molar-refractivity contribution >= 4 is 17.8 Å². The Bertz CT molecular complexity index is 426. The molecule has 0 rings (SSSR count). The molecular weight excluding hydrogens is 266 g/mol. The minimum Gasteiger partial charge on any atom is -0.481 e. The molecule has 0 aromatic carbocycles. The van der Waals surface area contributed by atoms with E-state index in [-0.39, 0.29) is 25.5 Å². The van der Waals surface area contributed by atoms with Crippen LogP contribution in [0, 0.1) is 17.4 Å². The first-order valence-corrected chi connectivity index (χ1v) is 5.77. The molecule has 1 atom stereocenters. The topological polar surface area (TPSA) is 144 Å². The molecule has 0 fully saturated rings. The van der Waals surface area contributed by atoms with E-state index in [1.807, 2.05) is 0 Å². The van der Waals surface area contributed by atoms with Crippen LogP contribution in [-0.2, 0) is 14.4 Å². The largest absolute Gasteiger partial charge is 0.481 e. The van der Waals surface area contributed by atoms with Crippen LogP contribution in [0.1, 0.15) is 6.42 Å². The Balaban J connectivity index is 4.03. The second kappa shape index (κ2) is 10.5. The van der Waals surface area contributed by atoms with Gasteiger partial charge in [0, 0.05) is 13.1 Å². The summed E-state index contributed by atoms with van der Waals surface area (Å²) in [6, 6.07) is -1.23. The van der Waals surface area contributed by atoms with Crippen molar-refractivity contribution in [2.45, 2.75) is 12.5 Å². The Labute approximate surface area is 116 Å². The van der Waals surface area contributed by atoms with Crippen LogP contribution < -0.4 is 16.0 Å². The summed E-state index contributed by atoms with van der Waals surface area (Å²) in [5, 5.41) is 19.0. The number of carboxylic acid groups (broad SMARTS) is 1. The number of carboxylic acids is 1. The summed E-state index contributed by atoms with van der Waals surface area (Å²) >= 11 is 0. The van der Waals surface area contributed by atoms with Crippen molar-refractivity contribution in [2.24, 2.45) is 5.11 Å². The van der Waals surface area contributed by atoms with Crippen molar-refractivity contribution in [3.8, 4) is 11.8 Å². The predicted octanol–water partition coefficient (Wildman–Crippen LogP) is -1.68. The number of hydrogen-bond donors (Lipinski definition) is 5. The van der Waals surface area contributed by atoms with Gasteiger partial charge in [0.25, 0.3) is 5.91 Å². The highest BCUT2D eigenvalue weighted by atomic mass is 16.4. The van der Waals surface area contributed by atoms with Crippen LogP contribution in [0.5, 0.6) is 0 Å². The molecule has 0 aliphatic rings. The lowest BCUT2D eigenvalue weighted by Crippen LogP contribution is -2.40. The molecule has 0 aromatic heterocycles. The van der Waals surface area contributed by atoms with Crippen LogP contribution in [0.4, 0.5) is 0 Å². The van der Waals surface area contributed by atoms with Gasteiger partial charge in [0.15, 0.2) is 0 Å².